The largest absolute Gasteiger partial charge is 0.380 e. The summed E-state index contributed by atoms with van der Waals surface area (Å²) in [4.78, 5) is 45.8. The van der Waals surface area contributed by atoms with Gasteiger partial charge in [0, 0.05) is 56.9 Å². The third-order valence-corrected chi connectivity index (χ3v) is 10.1. The van der Waals surface area contributed by atoms with Crippen molar-refractivity contribution in [3.05, 3.63) is 65.5 Å². The quantitative estimate of drug-likeness (QED) is 0.309. The lowest BCUT2D eigenvalue weighted by molar-refractivity contribution is -0.127. The number of amides is 3. The molecule has 44 heavy (non-hydrogen) atoms. The second-order valence-electron chi connectivity index (χ2n) is 13.2. The van der Waals surface area contributed by atoms with Gasteiger partial charge in [-0.1, -0.05) is 25.5 Å². The van der Waals surface area contributed by atoms with Crippen LogP contribution >= 0.6 is 0 Å². The molecule has 3 heterocycles. The molecule has 11 heteroatoms. The maximum Gasteiger partial charge on any atom is 0.270 e. The van der Waals surface area contributed by atoms with E-state index >= 15 is 0 Å². The Bertz CT molecular complexity index is 1540. The Labute approximate surface area is 258 Å². The molecule has 3 amide bonds. The number of nitrogens with zero attached hydrogens (tertiary/aromatic N) is 4. The highest BCUT2D eigenvalue weighted by Crippen LogP contribution is 2.45. The van der Waals surface area contributed by atoms with Gasteiger partial charge in [-0.2, -0.15) is 5.10 Å². The van der Waals surface area contributed by atoms with E-state index < -0.39 is 11.5 Å². The molecule has 3 aliphatic rings. The summed E-state index contributed by atoms with van der Waals surface area (Å²) in [5, 5.41) is 13.5. The number of imidazole rings is 1. The standard InChI is InChI=1S/C33H43N7O4/c1-21-34-18-26(39(21)3)27(22-9-10-22)28(38-29(41)25-11-15-36-40(25)4)30(42)37-24-8-5-7-23(17-24)33(14-16-44-20-33)31(43)35-19-32(2)12-6-13-32/h5,7-8,11,15,17-18,22,27-28H,6,9-10,12-14,16,19-20H2,1-4H3,(H,35,43)(H,37,42)(H,38,41)/t27?,28-,33?/m0/s1. The molecular weight excluding hydrogens is 558 g/mol. The molecule has 1 saturated heterocycles. The van der Waals surface area contributed by atoms with Crippen LogP contribution in [0, 0.1) is 18.3 Å². The van der Waals surface area contributed by atoms with Crippen LogP contribution in [0.4, 0.5) is 5.69 Å². The lowest BCUT2D eigenvalue weighted by Gasteiger charge is -2.39. The zero-order valence-electron chi connectivity index (χ0n) is 26.1. The minimum absolute atomic E-state index is 0.0340. The number of hydrogen-bond donors (Lipinski definition) is 3. The van der Waals surface area contributed by atoms with Crippen molar-refractivity contribution in [2.45, 2.75) is 69.7 Å². The van der Waals surface area contributed by atoms with Crippen molar-refractivity contribution in [3.8, 4) is 0 Å². The summed E-state index contributed by atoms with van der Waals surface area (Å²) >= 11 is 0. The van der Waals surface area contributed by atoms with E-state index in [0.717, 1.165) is 42.8 Å². The monoisotopic (exact) mass is 601 g/mol. The first kappa shape index (κ1) is 30.1. The molecule has 2 aromatic heterocycles. The third-order valence-electron chi connectivity index (χ3n) is 10.1. The Morgan fingerprint density at radius 3 is 2.52 bits per heavy atom. The molecular formula is C33H43N7O4. The smallest absolute Gasteiger partial charge is 0.270 e. The van der Waals surface area contributed by atoms with E-state index in [1.54, 1.807) is 19.3 Å². The van der Waals surface area contributed by atoms with Gasteiger partial charge in [0.2, 0.25) is 11.8 Å². The van der Waals surface area contributed by atoms with Crippen molar-refractivity contribution in [1.29, 1.82) is 0 Å². The fourth-order valence-electron chi connectivity index (χ4n) is 6.74. The lowest BCUT2D eigenvalue weighted by Crippen LogP contribution is -2.49. The summed E-state index contributed by atoms with van der Waals surface area (Å²) in [5.74, 6) is 0.0703. The van der Waals surface area contributed by atoms with Gasteiger partial charge in [-0.15, -0.1) is 0 Å². The summed E-state index contributed by atoms with van der Waals surface area (Å²) in [7, 11) is 3.64. The Morgan fingerprint density at radius 1 is 1.14 bits per heavy atom. The van der Waals surface area contributed by atoms with Crippen LogP contribution in [-0.2, 0) is 33.8 Å². The molecule has 2 aliphatic carbocycles. The molecule has 2 unspecified atom stereocenters. The molecule has 6 rings (SSSR count). The lowest BCUT2D eigenvalue weighted by atomic mass is 9.70. The summed E-state index contributed by atoms with van der Waals surface area (Å²) in [6, 6.07) is 8.25. The van der Waals surface area contributed by atoms with Gasteiger partial charge in [0.15, 0.2) is 0 Å². The van der Waals surface area contributed by atoms with E-state index in [1.807, 2.05) is 49.0 Å². The van der Waals surface area contributed by atoms with Crippen LogP contribution in [0.15, 0.2) is 42.7 Å². The molecule has 2 saturated carbocycles. The van der Waals surface area contributed by atoms with Crippen LogP contribution in [0.3, 0.4) is 0 Å². The van der Waals surface area contributed by atoms with Gasteiger partial charge in [-0.3, -0.25) is 19.1 Å². The van der Waals surface area contributed by atoms with Crippen LogP contribution in [-0.4, -0.2) is 62.9 Å². The molecule has 0 radical (unpaired) electrons. The molecule has 11 nitrogen and oxygen atoms in total. The van der Waals surface area contributed by atoms with Crippen LogP contribution in [0.5, 0.6) is 0 Å². The van der Waals surface area contributed by atoms with Gasteiger partial charge < -0.3 is 25.3 Å². The SMILES string of the molecule is Cc1ncc(C(C2CC2)[C@H](NC(=O)c2ccnn2C)C(=O)Nc2cccc(C3(C(=O)NCC4(C)CCC4)CCOC3)c2)n1C. The second-order valence-corrected chi connectivity index (χ2v) is 13.2. The molecule has 3 fully saturated rings. The molecule has 3 atom stereocenters. The molecule has 1 aromatic carbocycles. The normalized spacial score (nSPS) is 22.1. The van der Waals surface area contributed by atoms with Gasteiger partial charge >= 0.3 is 0 Å². The Kier molecular flexibility index (Phi) is 8.08. The van der Waals surface area contributed by atoms with E-state index in [-0.39, 0.29) is 35.0 Å². The number of nitrogens with one attached hydrogen (secondary N) is 3. The molecule has 3 aromatic rings. The summed E-state index contributed by atoms with van der Waals surface area (Å²) < 4.78 is 9.26. The van der Waals surface area contributed by atoms with Gasteiger partial charge in [-0.25, -0.2) is 4.98 Å². The highest BCUT2D eigenvalue weighted by molar-refractivity contribution is 6.01. The first-order valence-electron chi connectivity index (χ1n) is 15.6. The number of benzene rings is 1. The van der Waals surface area contributed by atoms with Gasteiger partial charge in [0.05, 0.1) is 12.0 Å². The topological polar surface area (TPSA) is 132 Å². The molecule has 0 spiro atoms. The number of ether oxygens (including phenoxy) is 1. The first-order chi connectivity index (χ1) is 21.1. The minimum atomic E-state index is -0.862. The second kappa shape index (κ2) is 11.8. The number of carbonyl (C=O) groups is 3. The molecule has 0 bridgehead atoms. The summed E-state index contributed by atoms with van der Waals surface area (Å²) in [6.45, 7) is 5.58. The highest BCUT2D eigenvalue weighted by Gasteiger charge is 2.46. The fourth-order valence-corrected chi connectivity index (χ4v) is 6.74. The van der Waals surface area contributed by atoms with Crippen molar-refractivity contribution in [1.82, 2.24) is 30.0 Å². The Balaban J connectivity index is 1.27. The van der Waals surface area contributed by atoms with Crippen molar-refractivity contribution in [3.63, 3.8) is 0 Å². The number of aryl methyl sites for hydroxylation is 2. The predicted octanol–water partition coefficient (Wildman–Crippen LogP) is 3.36. The van der Waals surface area contributed by atoms with Crippen LogP contribution in [0.25, 0.3) is 0 Å². The highest BCUT2D eigenvalue weighted by atomic mass is 16.5. The number of aromatic nitrogens is 4. The number of carbonyl (C=O) groups excluding carboxylic acids is 3. The van der Waals surface area contributed by atoms with E-state index in [0.29, 0.717) is 37.6 Å². The summed E-state index contributed by atoms with van der Waals surface area (Å²) in [6.07, 6.45) is 9.31. The van der Waals surface area contributed by atoms with E-state index in [9.17, 15) is 14.4 Å². The van der Waals surface area contributed by atoms with Crippen LogP contribution in [0.2, 0.25) is 0 Å². The molecule has 1 aliphatic heterocycles. The zero-order valence-corrected chi connectivity index (χ0v) is 26.1. The van der Waals surface area contributed by atoms with Crippen molar-refractivity contribution in [2.75, 3.05) is 25.1 Å². The minimum Gasteiger partial charge on any atom is -0.380 e. The van der Waals surface area contributed by atoms with Crippen molar-refractivity contribution in [2.24, 2.45) is 25.4 Å². The first-order valence-corrected chi connectivity index (χ1v) is 15.6. The number of hydrogen-bond acceptors (Lipinski definition) is 6. The molecule has 234 valence electrons. The van der Waals surface area contributed by atoms with E-state index in [2.05, 4.69) is 33.0 Å². The van der Waals surface area contributed by atoms with Gasteiger partial charge in [-0.05, 0) is 74.1 Å². The summed E-state index contributed by atoms with van der Waals surface area (Å²) in [5.41, 5.74) is 1.98. The Hall–Kier alpha value is -3.99. The van der Waals surface area contributed by atoms with Crippen molar-refractivity contribution >= 4 is 23.4 Å². The Morgan fingerprint density at radius 2 is 1.93 bits per heavy atom. The maximum atomic E-state index is 14.2. The van der Waals surface area contributed by atoms with Crippen LogP contribution < -0.4 is 16.0 Å². The fraction of sp³-hybridized carbons (Fsp3) is 0.545. The third kappa shape index (κ3) is 5.77. The maximum absolute atomic E-state index is 14.2. The van der Waals surface area contributed by atoms with Crippen molar-refractivity contribution < 1.29 is 19.1 Å². The van der Waals surface area contributed by atoms with Gasteiger partial charge in [0.25, 0.3) is 5.91 Å². The number of rotatable bonds is 11. The molecule has 3 N–H and O–H groups in total. The average Bonchev–Trinajstić information content (AvgIpc) is 3.36. The predicted molar refractivity (Wildman–Crippen MR) is 165 cm³/mol. The van der Waals surface area contributed by atoms with E-state index in [1.165, 1.54) is 11.1 Å². The average molecular weight is 602 g/mol. The number of anilines is 1. The van der Waals surface area contributed by atoms with Gasteiger partial charge in [0.1, 0.15) is 17.6 Å². The van der Waals surface area contributed by atoms with E-state index in [4.69, 9.17) is 4.74 Å². The zero-order chi connectivity index (χ0) is 31.1. The van der Waals surface area contributed by atoms with Crippen LogP contribution in [0.1, 0.15) is 78.9 Å².